The second-order valence-electron chi connectivity index (χ2n) is 5.13. The van der Waals surface area contributed by atoms with Gasteiger partial charge in [0.05, 0.1) is 10.6 Å². The Labute approximate surface area is 159 Å². The molecule has 2 amide bonds. The Morgan fingerprint density at radius 3 is 2.24 bits per heavy atom. The van der Waals surface area contributed by atoms with Gasteiger partial charge >= 0.3 is 0 Å². The normalized spacial score (nSPS) is 11.0. The molecular formula is C16H16IN3O4S. The molecule has 0 aliphatic carbocycles. The number of nitrogens with one attached hydrogen (secondary N) is 1. The number of rotatable bonds is 6. The van der Waals surface area contributed by atoms with Crippen molar-refractivity contribution in [2.24, 2.45) is 5.73 Å². The van der Waals surface area contributed by atoms with Gasteiger partial charge in [0.25, 0.3) is 10.0 Å². The van der Waals surface area contributed by atoms with E-state index in [0.29, 0.717) is 14.9 Å². The van der Waals surface area contributed by atoms with E-state index < -0.39 is 22.5 Å². The quantitative estimate of drug-likeness (QED) is 0.625. The zero-order valence-corrected chi connectivity index (χ0v) is 16.2. The number of hydrogen-bond donors (Lipinski definition) is 2. The molecule has 2 rings (SSSR count). The summed E-state index contributed by atoms with van der Waals surface area (Å²) in [5.74, 6) is -1.03. The first-order chi connectivity index (χ1) is 11.7. The van der Waals surface area contributed by atoms with Crippen LogP contribution in [0.25, 0.3) is 0 Å². The largest absolute Gasteiger partial charge is 0.368 e. The lowest BCUT2D eigenvalue weighted by Gasteiger charge is -2.24. The van der Waals surface area contributed by atoms with E-state index in [4.69, 9.17) is 5.73 Å². The number of primary amides is 1. The summed E-state index contributed by atoms with van der Waals surface area (Å²) in [4.78, 5) is 22.5. The van der Waals surface area contributed by atoms with Gasteiger partial charge in [-0.05, 0) is 59.0 Å². The minimum absolute atomic E-state index is 0.0116. The smallest absolute Gasteiger partial charge is 0.264 e. The average molecular weight is 473 g/mol. The highest BCUT2D eigenvalue weighted by Crippen LogP contribution is 2.28. The van der Waals surface area contributed by atoms with E-state index in [1.165, 1.54) is 31.2 Å². The van der Waals surface area contributed by atoms with E-state index in [2.05, 4.69) is 5.32 Å². The minimum Gasteiger partial charge on any atom is -0.368 e. The Hall–Kier alpha value is -2.14. The number of anilines is 2. The summed E-state index contributed by atoms with van der Waals surface area (Å²) in [6.45, 7) is 0.881. The highest BCUT2D eigenvalue weighted by molar-refractivity contribution is 14.1. The first kappa shape index (κ1) is 19.2. The molecule has 0 radical (unpaired) electrons. The Kier molecular flexibility index (Phi) is 6.01. The third-order valence-corrected chi connectivity index (χ3v) is 5.87. The number of nitrogens with two attached hydrogens (primary N) is 1. The molecule has 25 heavy (non-hydrogen) atoms. The topological polar surface area (TPSA) is 110 Å². The molecular weight excluding hydrogens is 457 g/mol. The molecule has 0 atom stereocenters. The highest BCUT2D eigenvalue weighted by Gasteiger charge is 2.27. The molecule has 132 valence electrons. The summed E-state index contributed by atoms with van der Waals surface area (Å²) < 4.78 is 27.6. The van der Waals surface area contributed by atoms with Crippen molar-refractivity contribution in [3.8, 4) is 0 Å². The van der Waals surface area contributed by atoms with Crippen LogP contribution >= 0.6 is 22.6 Å². The van der Waals surface area contributed by atoms with Crippen LogP contribution < -0.4 is 15.4 Å². The zero-order valence-electron chi connectivity index (χ0n) is 13.3. The lowest BCUT2D eigenvalue weighted by Crippen LogP contribution is -2.39. The number of hydrogen-bond acceptors (Lipinski definition) is 4. The SMILES string of the molecule is CC(=O)Nc1ccc(S(=O)(=O)N(CC(N)=O)c2ccccc2I)cc1. The predicted octanol–water partition coefficient (Wildman–Crippen LogP) is 1.93. The monoisotopic (exact) mass is 473 g/mol. The van der Waals surface area contributed by atoms with Crippen LogP contribution in [0.4, 0.5) is 11.4 Å². The van der Waals surface area contributed by atoms with Crippen LogP contribution in [0, 0.1) is 3.57 Å². The summed E-state index contributed by atoms with van der Waals surface area (Å²) in [5.41, 5.74) is 6.08. The summed E-state index contributed by atoms with van der Waals surface area (Å²) in [5, 5.41) is 2.56. The van der Waals surface area contributed by atoms with Gasteiger partial charge < -0.3 is 11.1 Å². The molecule has 2 aromatic carbocycles. The Morgan fingerprint density at radius 2 is 1.72 bits per heavy atom. The first-order valence-corrected chi connectivity index (χ1v) is 9.67. The molecule has 0 aliphatic rings. The fraction of sp³-hybridized carbons (Fsp3) is 0.125. The summed E-state index contributed by atoms with van der Waals surface area (Å²) >= 11 is 1.99. The average Bonchev–Trinajstić information content (AvgIpc) is 2.53. The molecule has 0 aromatic heterocycles. The van der Waals surface area contributed by atoms with Crippen LogP contribution in [0.5, 0.6) is 0 Å². The van der Waals surface area contributed by atoms with E-state index in [9.17, 15) is 18.0 Å². The molecule has 0 heterocycles. The lowest BCUT2D eigenvalue weighted by atomic mass is 10.3. The molecule has 0 aliphatic heterocycles. The van der Waals surface area contributed by atoms with E-state index >= 15 is 0 Å². The van der Waals surface area contributed by atoms with Crippen molar-refractivity contribution in [1.82, 2.24) is 0 Å². The number of carbonyl (C=O) groups is 2. The molecule has 3 N–H and O–H groups in total. The lowest BCUT2D eigenvalue weighted by molar-refractivity contribution is -0.116. The van der Waals surface area contributed by atoms with Gasteiger partial charge in [-0.1, -0.05) is 12.1 Å². The first-order valence-electron chi connectivity index (χ1n) is 7.15. The van der Waals surface area contributed by atoms with Crippen molar-refractivity contribution in [1.29, 1.82) is 0 Å². The van der Waals surface area contributed by atoms with Gasteiger partial charge in [0, 0.05) is 16.2 Å². The molecule has 2 aromatic rings. The van der Waals surface area contributed by atoms with Crippen molar-refractivity contribution in [3.63, 3.8) is 0 Å². The minimum atomic E-state index is -4.00. The van der Waals surface area contributed by atoms with Gasteiger partial charge in [0.2, 0.25) is 11.8 Å². The van der Waals surface area contributed by atoms with E-state index in [0.717, 1.165) is 4.31 Å². The van der Waals surface area contributed by atoms with Crippen LogP contribution in [-0.4, -0.2) is 26.8 Å². The Balaban J connectivity index is 2.46. The maximum atomic E-state index is 13.0. The van der Waals surface area contributed by atoms with Gasteiger partial charge in [0.1, 0.15) is 6.54 Å². The van der Waals surface area contributed by atoms with E-state index in [-0.39, 0.29) is 10.8 Å². The van der Waals surface area contributed by atoms with Crippen LogP contribution in [0.3, 0.4) is 0 Å². The van der Waals surface area contributed by atoms with E-state index in [1.54, 1.807) is 24.3 Å². The van der Waals surface area contributed by atoms with Crippen LogP contribution in [-0.2, 0) is 19.6 Å². The molecule has 0 fully saturated rings. The van der Waals surface area contributed by atoms with Crippen molar-refractivity contribution >= 4 is 55.8 Å². The molecule has 0 bridgehead atoms. The standard InChI is InChI=1S/C16H16IN3O4S/c1-11(21)19-12-6-8-13(9-7-12)25(23,24)20(10-16(18)22)15-5-3-2-4-14(15)17/h2-9H,10H2,1H3,(H2,18,22)(H,19,21). The number of benzene rings is 2. The number of para-hydroxylation sites is 1. The van der Waals surface area contributed by atoms with Crippen molar-refractivity contribution in [2.45, 2.75) is 11.8 Å². The molecule has 9 heteroatoms. The molecule has 7 nitrogen and oxygen atoms in total. The third kappa shape index (κ3) is 4.69. The third-order valence-electron chi connectivity index (χ3n) is 3.18. The van der Waals surface area contributed by atoms with Crippen LogP contribution in [0.1, 0.15) is 6.92 Å². The van der Waals surface area contributed by atoms with Gasteiger partial charge in [-0.3, -0.25) is 13.9 Å². The fourth-order valence-corrected chi connectivity index (χ4v) is 4.43. The second kappa shape index (κ2) is 7.83. The van der Waals surface area contributed by atoms with Crippen molar-refractivity contribution in [2.75, 3.05) is 16.2 Å². The Morgan fingerprint density at radius 1 is 1.12 bits per heavy atom. The predicted molar refractivity (Wildman–Crippen MR) is 104 cm³/mol. The van der Waals surface area contributed by atoms with E-state index in [1.807, 2.05) is 22.6 Å². The van der Waals surface area contributed by atoms with Gasteiger partial charge in [-0.2, -0.15) is 0 Å². The van der Waals surface area contributed by atoms with Crippen molar-refractivity contribution in [3.05, 3.63) is 52.1 Å². The molecule has 0 spiro atoms. The summed E-state index contributed by atoms with van der Waals surface area (Å²) in [7, 11) is -4.00. The Bertz CT molecular complexity index is 898. The second-order valence-corrected chi connectivity index (χ2v) is 8.16. The molecule has 0 unspecified atom stereocenters. The zero-order chi connectivity index (χ0) is 18.6. The van der Waals surface area contributed by atoms with Crippen LogP contribution in [0.15, 0.2) is 53.4 Å². The summed E-state index contributed by atoms with van der Waals surface area (Å²) in [6, 6.07) is 12.5. The number of sulfonamides is 1. The molecule has 0 saturated carbocycles. The number of carbonyl (C=O) groups excluding carboxylic acids is 2. The van der Waals surface area contributed by atoms with Gasteiger partial charge in [0.15, 0.2) is 0 Å². The fourth-order valence-electron chi connectivity index (χ4n) is 2.14. The van der Waals surface area contributed by atoms with Crippen LogP contribution in [0.2, 0.25) is 0 Å². The summed E-state index contributed by atoms with van der Waals surface area (Å²) in [6.07, 6.45) is 0. The number of nitrogens with zero attached hydrogens (tertiary/aromatic N) is 1. The molecule has 0 saturated heterocycles. The van der Waals surface area contributed by atoms with Gasteiger partial charge in [-0.25, -0.2) is 8.42 Å². The van der Waals surface area contributed by atoms with Gasteiger partial charge in [-0.15, -0.1) is 0 Å². The number of amides is 2. The number of halogens is 1. The maximum absolute atomic E-state index is 13.0. The maximum Gasteiger partial charge on any atom is 0.264 e. The van der Waals surface area contributed by atoms with Crippen molar-refractivity contribution < 1.29 is 18.0 Å². The highest BCUT2D eigenvalue weighted by atomic mass is 127.